The number of fused-ring (bicyclic) bond motifs is 1. The van der Waals surface area contributed by atoms with Gasteiger partial charge in [-0.2, -0.15) is 0 Å². The van der Waals surface area contributed by atoms with Gasteiger partial charge in [0.2, 0.25) is 5.95 Å². The van der Waals surface area contributed by atoms with E-state index in [0.29, 0.717) is 41.4 Å². The predicted octanol–water partition coefficient (Wildman–Crippen LogP) is 5.86. The van der Waals surface area contributed by atoms with Gasteiger partial charge in [-0.05, 0) is 46.5 Å². The number of esters is 1. The second-order valence-corrected chi connectivity index (χ2v) is 11.4. The summed E-state index contributed by atoms with van der Waals surface area (Å²) in [4.78, 5) is 39.6. The van der Waals surface area contributed by atoms with E-state index in [1.54, 1.807) is 27.0 Å². The van der Waals surface area contributed by atoms with Gasteiger partial charge in [-0.1, -0.05) is 31.7 Å². The summed E-state index contributed by atoms with van der Waals surface area (Å²) in [6, 6.07) is 11.6. The van der Waals surface area contributed by atoms with Gasteiger partial charge in [0.15, 0.2) is 0 Å². The van der Waals surface area contributed by atoms with Crippen molar-refractivity contribution in [3.8, 4) is 17.0 Å². The van der Waals surface area contributed by atoms with Gasteiger partial charge in [-0.3, -0.25) is 4.79 Å². The van der Waals surface area contributed by atoms with Crippen molar-refractivity contribution in [2.75, 3.05) is 56.9 Å². The van der Waals surface area contributed by atoms with Crippen molar-refractivity contribution in [3.63, 3.8) is 0 Å². The number of amides is 1. The SMILES string of the molecule is C=C(CC)C(=O)Nc1cc(Nc2ncc(C(=O)OC(C)C)c(-c3cn(C)c4ccccc34)n2)c(OC)cc1N(C)CCN(C)C. The third-order valence-electron chi connectivity index (χ3n) is 7.36. The van der Waals surface area contributed by atoms with Gasteiger partial charge in [-0.15, -0.1) is 0 Å². The highest BCUT2D eigenvalue weighted by Crippen LogP contribution is 2.39. The number of benzene rings is 2. The third-order valence-corrected chi connectivity index (χ3v) is 7.36. The van der Waals surface area contributed by atoms with Crippen molar-refractivity contribution < 1.29 is 19.1 Å². The predicted molar refractivity (Wildman–Crippen MR) is 181 cm³/mol. The lowest BCUT2D eigenvalue weighted by Crippen LogP contribution is -2.29. The summed E-state index contributed by atoms with van der Waals surface area (Å²) in [5.41, 5.74) is 4.79. The van der Waals surface area contributed by atoms with Gasteiger partial charge in [0.1, 0.15) is 11.3 Å². The standard InChI is InChI=1S/C34H43N7O4/c1-10-22(4)32(42)36-26-17-27(30(44-9)18-29(26)40(7)16-15-39(5)6)37-34-35-19-24(33(43)45-21(2)3)31(38-34)25-20-41(8)28-14-12-11-13-23(25)28/h11-14,17-21H,4,10,15-16H2,1-3,5-9H3,(H,36,42)(H,35,37,38). The van der Waals surface area contributed by atoms with Gasteiger partial charge < -0.3 is 34.5 Å². The molecule has 0 aliphatic carbocycles. The minimum Gasteiger partial charge on any atom is -0.494 e. The molecule has 0 spiro atoms. The van der Waals surface area contributed by atoms with E-state index in [0.717, 1.165) is 28.7 Å². The van der Waals surface area contributed by atoms with Crippen LogP contribution in [0.4, 0.5) is 23.0 Å². The fourth-order valence-electron chi connectivity index (χ4n) is 4.82. The summed E-state index contributed by atoms with van der Waals surface area (Å²) < 4.78 is 13.3. The molecule has 2 N–H and O–H groups in total. The average molecular weight is 614 g/mol. The molecule has 0 bridgehead atoms. The molecular formula is C34H43N7O4. The van der Waals surface area contributed by atoms with E-state index in [9.17, 15) is 9.59 Å². The molecule has 0 radical (unpaired) electrons. The van der Waals surface area contributed by atoms with Crippen molar-refractivity contribution >= 4 is 45.8 Å². The number of nitrogens with one attached hydrogen (secondary N) is 2. The van der Waals surface area contributed by atoms with Crippen LogP contribution in [-0.4, -0.2) is 78.8 Å². The van der Waals surface area contributed by atoms with Gasteiger partial charge in [0, 0.05) is 67.7 Å². The molecule has 0 unspecified atom stereocenters. The number of aromatic nitrogens is 3. The summed E-state index contributed by atoms with van der Waals surface area (Å²) in [6.45, 7) is 10.9. The topological polar surface area (TPSA) is 114 Å². The van der Waals surface area contributed by atoms with Crippen molar-refractivity contribution in [3.05, 3.63) is 66.5 Å². The number of anilines is 4. The summed E-state index contributed by atoms with van der Waals surface area (Å²) in [5.74, 6) is -0.0179. The molecule has 11 heteroatoms. The van der Waals surface area contributed by atoms with Gasteiger partial charge in [0.05, 0.1) is 36.0 Å². The van der Waals surface area contributed by atoms with Crippen LogP contribution in [-0.2, 0) is 16.6 Å². The lowest BCUT2D eigenvalue weighted by atomic mass is 10.1. The zero-order chi connectivity index (χ0) is 32.8. The molecular weight excluding hydrogens is 570 g/mol. The molecule has 0 fully saturated rings. The maximum absolute atomic E-state index is 13.2. The molecule has 2 aromatic heterocycles. The zero-order valence-electron chi connectivity index (χ0n) is 27.4. The summed E-state index contributed by atoms with van der Waals surface area (Å²) in [5, 5.41) is 7.21. The Balaban J connectivity index is 1.82. The Hall–Kier alpha value is -4.90. The van der Waals surface area contributed by atoms with Gasteiger partial charge >= 0.3 is 5.97 Å². The molecule has 45 heavy (non-hydrogen) atoms. The van der Waals surface area contributed by atoms with Crippen molar-refractivity contribution in [1.82, 2.24) is 19.4 Å². The van der Waals surface area contributed by atoms with Crippen LogP contribution in [0.1, 0.15) is 37.6 Å². The molecule has 11 nitrogen and oxygen atoms in total. The van der Waals surface area contributed by atoms with Gasteiger partial charge in [-0.25, -0.2) is 14.8 Å². The maximum atomic E-state index is 13.2. The number of ether oxygens (including phenoxy) is 2. The molecule has 238 valence electrons. The number of nitrogens with zero attached hydrogens (tertiary/aromatic N) is 5. The number of aryl methyl sites for hydroxylation is 1. The van der Waals surface area contributed by atoms with E-state index in [1.807, 2.05) is 76.2 Å². The van der Waals surface area contributed by atoms with Crippen molar-refractivity contribution in [2.24, 2.45) is 7.05 Å². The number of hydrogen-bond acceptors (Lipinski definition) is 9. The Morgan fingerprint density at radius 3 is 2.49 bits per heavy atom. The lowest BCUT2D eigenvalue weighted by Gasteiger charge is -2.26. The van der Waals surface area contributed by atoms with Crippen LogP contribution in [0.5, 0.6) is 5.75 Å². The summed E-state index contributed by atoms with van der Waals surface area (Å²) >= 11 is 0. The third kappa shape index (κ3) is 7.61. The molecule has 0 saturated carbocycles. The van der Waals surface area contributed by atoms with Crippen LogP contribution >= 0.6 is 0 Å². The number of likely N-dealkylation sites (N-methyl/N-ethyl adjacent to an activating group) is 2. The van der Waals surface area contributed by atoms with Crippen LogP contribution in [0.2, 0.25) is 0 Å². The molecule has 0 aliphatic rings. The van der Waals surface area contributed by atoms with Crippen molar-refractivity contribution in [1.29, 1.82) is 0 Å². The van der Waals surface area contributed by atoms with E-state index >= 15 is 0 Å². The molecule has 4 aromatic rings. The van der Waals surface area contributed by atoms with Crippen LogP contribution in [0.25, 0.3) is 22.2 Å². The monoisotopic (exact) mass is 613 g/mol. The number of hydrogen-bond donors (Lipinski definition) is 2. The Morgan fingerprint density at radius 1 is 1.09 bits per heavy atom. The fraction of sp³-hybridized carbons (Fsp3) is 0.353. The first kappa shape index (κ1) is 33.0. The number of rotatable bonds is 13. The Kier molecular flexibility index (Phi) is 10.5. The molecule has 0 atom stereocenters. The number of carbonyl (C=O) groups excluding carboxylic acids is 2. The zero-order valence-corrected chi connectivity index (χ0v) is 27.4. The van der Waals surface area contributed by atoms with Crippen LogP contribution < -0.4 is 20.3 Å². The highest BCUT2D eigenvalue weighted by molar-refractivity contribution is 6.06. The second kappa shape index (κ2) is 14.3. The second-order valence-electron chi connectivity index (χ2n) is 11.4. The number of carbonyl (C=O) groups is 2. The Morgan fingerprint density at radius 2 is 1.82 bits per heavy atom. The largest absolute Gasteiger partial charge is 0.494 e. The first-order chi connectivity index (χ1) is 21.4. The highest BCUT2D eigenvalue weighted by atomic mass is 16.5. The minimum absolute atomic E-state index is 0.237. The Labute approximate surface area is 264 Å². The average Bonchev–Trinajstić information content (AvgIpc) is 3.35. The summed E-state index contributed by atoms with van der Waals surface area (Å²) in [7, 11) is 9.51. The van der Waals surface area contributed by atoms with Crippen LogP contribution in [0.15, 0.2) is 60.9 Å². The molecule has 2 aromatic carbocycles. The molecule has 4 rings (SSSR count). The molecule has 0 aliphatic heterocycles. The number of methoxy groups -OCH3 is 1. The van der Waals surface area contributed by atoms with Gasteiger partial charge in [0.25, 0.3) is 5.91 Å². The smallest absolute Gasteiger partial charge is 0.342 e. The van der Waals surface area contributed by atoms with E-state index in [1.165, 1.54) is 6.20 Å². The first-order valence-electron chi connectivity index (χ1n) is 14.9. The minimum atomic E-state index is -0.511. The summed E-state index contributed by atoms with van der Waals surface area (Å²) in [6.07, 6.45) is 3.62. The van der Waals surface area contributed by atoms with E-state index in [-0.39, 0.29) is 23.5 Å². The van der Waals surface area contributed by atoms with Crippen LogP contribution in [0.3, 0.4) is 0 Å². The van der Waals surface area contributed by atoms with Crippen LogP contribution in [0, 0.1) is 0 Å². The molecule has 0 saturated heterocycles. The fourth-order valence-corrected chi connectivity index (χ4v) is 4.82. The maximum Gasteiger partial charge on any atom is 0.342 e. The quantitative estimate of drug-likeness (QED) is 0.141. The normalized spacial score (nSPS) is 11.2. The van der Waals surface area contributed by atoms with E-state index in [4.69, 9.17) is 14.5 Å². The molecule has 2 heterocycles. The lowest BCUT2D eigenvalue weighted by molar-refractivity contribution is -0.112. The first-order valence-corrected chi connectivity index (χ1v) is 14.9. The van der Waals surface area contributed by atoms with E-state index < -0.39 is 5.97 Å². The van der Waals surface area contributed by atoms with Crippen molar-refractivity contribution in [2.45, 2.75) is 33.3 Å². The Bertz CT molecular complexity index is 1710. The molecule has 1 amide bonds. The van der Waals surface area contributed by atoms with E-state index in [2.05, 4.69) is 32.0 Å². The number of para-hydroxylation sites is 1. The highest BCUT2D eigenvalue weighted by Gasteiger charge is 2.23.